The number of hydrogen-bond donors (Lipinski definition) is 0. The van der Waals surface area contributed by atoms with Crippen LogP contribution in [-0.2, 0) is 17.1 Å². The van der Waals surface area contributed by atoms with Crippen LogP contribution in [0.5, 0.6) is 0 Å². The van der Waals surface area contributed by atoms with Gasteiger partial charge in [-0.3, -0.25) is 7.92 Å². The number of hydrogen-bond acceptors (Lipinski definition) is 0. The van der Waals surface area contributed by atoms with E-state index in [0.717, 1.165) is 11.3 Å². The summed E-state index contributed by atoms with van der Waals surface area (Å²) in [6, 6.07) is 39.6. The predicted molar refractivity (Wildman–Crippen MR) is 163 cm³/mol. The molecule has 0 N–H and O–H groups in total. The zero-order chi connectivity index (χ0) is 24.4. The molecule has 2 aliphatic rings. The predicted octanol–water partition coefficient (Wildman–Crippen LogP) is 8.34. The number of benzene rings is 2. The Morgan fingerprint density at radius 1 is 0.568 bits per heavy atom. The molecule has 200 valence electrons. The second kappa shape index (κ2) is 15.2. The average molecular weight is 566 g/mol. The maximum absolute atomic E-state index is 2.43. The Bertz CT molecular complexity index is 1040. The molecule has 4 aromatic carbocycles. The molecule has 0 radical (unpaired) electrons. The third kappa shape index (κ3) is 7.78. The van der Waals surface area contributed by atoms with Crippen molar-refractivity contribution in [1.29, 1.82) is 0 Å². The largest absolute Gasteiger partial charge is 0.747 e. The Balaban J connectivity index is 0.000000168. The molecule has 0 nitrogen and oxygen atoms in total. The van der Waals surface area contributed by atoms with Gasteiger partial charge in [0.2, 0.25) is 0 Å². The van der Waals surface area contributed by atoms with Gasteiger partial charge in [0.05, 0.1) is 0 Å². The van der Waals surface area contributed by atoms with Gasteiger partial charge in [-0.05, 0) is 36.3 Å². The Kier molecular flexibility index (Phi) is 11.7. The van der Waals surface area contributed by atoms with Gasteiger partial charge < -0.3 is 29.6 Å². The van der Waals surface area contributed by atoms with E-state index in [4.69, 9.17) is 0 Å². The van der Waals surface area contributed by atoms with E-state index in [0.29, 0.717) is 0 Å². The van der Waals surface area contributed by atoms with Crippen molar-refractivity contribution in [2.75, 3.05) is 0 Å². The van der Waals surface area contributed by atoms with Crippen LogP contribution < -0.4 is 21.2 Å². The molecule has 2 fully saturated rings. The molecule has 4 aromatic rings. The SMILES string of the molecule is [Fe].[cH-]1[cH-][cH-][c-](P(C2CCCCC2)C2CCCCC2)[cH-]1.c1ccc(P(c2ccccc2)[c-]2cccc2)cc1. The fourth-order valence-corrected chi connectivity index (χ4v) is 12.2. The second-order valence-electron chi connectivity index (χ2n) is 10.3. The van der Waals surface area contributed by atoms with E-state index in [9.17, 15) is 0 Å². The van der Waals surface area contributed by atoms with Crippen LogP contribution in [0.15, 0.2) is 109 Å². The van der Waals surface area contributed by atoms with Crippen molar-refractivity contribution >= 4 is 37.1 Å². The van der Waals surface area contributed by atoms with Gasteiger partial charge in [-0.1, -0.05) is 118 Å². The molecule has 0 heterocycles. The summed E-state index contributed by atoms with van der Waals surface area (Å²) in [4.78, 5) is 0. The summed E-state index contributed by atoms with van der Waals surface area (Å²) in [5.74, 6) is 0. The van der Waals surface area contributed by atoms with E-state index in [1.54, 1.807) is 5.30 Å². The minimum atomic E-state index is -0.409. The Hall–Kier alpha value is -1.48. The van der Waals surface area contributed by atoms with Crippen LogP contribution in [-0.4, -0.2) is 11.3 Å². The van der Waals surface area contributed by atoms with Gasteiger partial charge in [0, 0.05) is 17.1 Å². The molecule has 2 saturated carbocycles. The fraction of sp³-hybridized carbons (Fsp3) is 0.353. The summed E-state index contributed by atoms with van der Waals surface area (Å²) in [6.07, 6.45) is 15.1. The van der Waals surface area contributed by atoms with Gasteiger partial charge in [-0.25, -0.2) is 12.1 Å². The Labute approximate surface area is 238 Å². The van der Waals surface area contributed by atoms with Crippen molar-refractivity contribution in [2.24, 2.45) is 0 Å². The van der Waals surface area contributed by atoms with E-state index in [1.807, 2.05) is 0 Å². The Morgan fingerprint density at radius 3 is 1.43 bits per heavy atom. The third-order valence-corrected chi connectivity index (χ3v) is 13.8. The molecule has 0 unspecified atom stereocenters. The van der Waals surface area contributed by atoms with Crippen molar-refractivity contribution in [2.45, 2.75) is 75.5 Å². The van der Waals surface area contributed by atoms with Gasteiger partial charge >= 0.3 is 0 Å². The first kappa shape index (κ1) is 28.5. The topological polar surface area (TPSA) is 0 Å². The normalized spacial score (nSPS) is 16.7. The van der Waals surface area contributed by atoms with Gasteiger partial charge in [0.1, 0.15) is 0 Å². The van der Waals surface area contributed by atoms with E-state index >= 15 is 0 Å². The quantitative estimate of drug-likeness (QED) is 0.125. The average Bonchev–Trinajstić information content (AvgIpc) is 3.68. The monoisotopic (exact) mass is 566 g/mol. The molecule has 6 rings (SSSR count). The van der Waals surface area contributed by atoms with Gasteiger partial charge in [0.15, 0.2) is 0 Å². The Morgan fingerprint density at radius 2 is 1.00 bits per heavy atom. The molecular formula is C34H40FeP2-6. The maximum atomic E-state index is 2.43. The molecule has 0 saturated heterocycles. The molecule has 0 aliphatic heterocycles. The van der Waals surface area contributed by atoms with Crippen LogP contribution in [0.4, 0.5) is 0 Å². The van der Waals surface area contributed by atoms with Crippen molar-refractivity contribution in [3.63, 3.8) is 0 Å². The zero-order valence-electron chi connectivity index (χ0n) is 21.9. The van der Waals surface area contributed by atoms with E-state index in [-0.39, 0.29) is 25.0 Å². The van der Waals surface area contributed by atoms with Gasteiger partial charge in [-0.2, -0.15) is 12.1 Å². The van der Waals surface area contributed by atoms with Crippen LogP contribution in [0, 0.1) is 0 Å². The third-order valence-electron chi connectivity index (χ3n) is 7.81. The molecular weight excluding hydrogens is 526 g/mol. The first-order valence-electron chi connectivity index (χ1n) is 14.0. The van der Waals surface area contributed by atoms with Crippen molar-refractivity contribution < 1.29 is 17.1 Å². The van der Waals surface area contributed by atoms with Crippen molar-refractivity contribution in [3.8, 4) is 0 Å². The van der Waals surface area contributed by atoms with E-state index < -0.39 is 7.92 Å². The van der Waals surface area contributed by atoms with Crippen LogP contribution in [0.25, 0.3) is 0 Å². The molecule has 0 aromatic heterocycles. The second-order valence-corrected chi connectivity index (χ2v) is 15.3. The minimum Gasteiger partial charge on any atom is -0.747 e. The van der Waals surface area contributed by atoms with E-state index in [2.05, 4.69) is 109 Å². The summed E-state index contributed by atoms with van der Waals surface area (Å²) in [5, 5.41) is 5.96. The molecule has 2 aliphatic carbocycles. The smallest absolute Gasteiger partial charge is 0 e. The molecule has 0 spiro atoms. The van der Waals surface area contributed by atoms with Crippen molar-refractivity contribution in [1.82, 2.24) is 0 Å². The van der Waals surface area contributed by atoms with Gasteiger partial charge in [0.25, 0.3) is 0 Å². The molecule has 37 heavy (non-hydrogen) atoms. The zero-order valence-corrected chi connectivity index (χ0v) is 24.8. The molecule has 3 heteroatoms. The number of rotatable bonds is 6. The van der Waals surface area contributed by atoms with Crippen LogP contribution in [0.2, 0.25) is 0 Å². The summed E-state index contributed by atoms with van der Waals surface area (Å²) in [7, 11) is -0.264. The summed E-state index contributed by atoms with van der Waals surface area (Å²) >= 11 is 0. The summed E-state index contributed by atoms with van der Waals surface area (Å²) < 4.78 is 0. The van der Waals surface area contributed by atoms with Gasteiger partial charge in [-0.15, -0.1) is 5.30 Å². The minimum absolute atomic E-state index is 0. The van der Waals surface area contributed by atoms with E-state index in [1.165, 1.54) is 80.1 Å². The first-order chi connectivity index (χ1) is 17.9. The fourth-order valence-electron chi connectivity index (χ4n) is 6.09. The standard InChI is InChI=1S/C17H26P.C17H14P.Fe/c2*1-3-9-15(10-4-1)18(17-13-7-8-14-17)16-11-5-2-6-12-16;/h7-8,13-16H,1-6,9-12H2;1-14H;/q-5;-1;. The van der Waals surface area contributed by atoms with Crippen molar-refractivity contribution in [3.05, 3.63) is 109 Å². The van der Waals surface area contributed by atoms with Crippen LogP contribution in [0.3, 0.4) is 0 Å². The first-order valence-corrected chi connectivity index (χ1v) is 16.8. The maximum Gasteiger partial charge on any atom is 0 e. The van der Waals surface area contributed by atoms with Crippen LogP contribution in [0.1, 0.15) is 64.2 Å². The summed E-state index contributed by atoms with van der Waals surface area (Å²) in [5.41, 5.74) is 2.11. The molecule has 0 atom stereocenters. The van der Waals surface area contributed by atoms with Crippen LogP contribution >= 0.6 is 15.8 Å². The molecule has 0 bridgehead atoms. The molecule has 0 amide bonds. The summed E-state index contributed by atoms with van der Waals surface area (Å²) in [6.45, 7) is 0.